The van der Waals surface area contributed by atoms with Gasteiger partial charge in [0, 0.05) is 34.7 Å². The Morgan fingerprint density at radius 3 is 2.70 bits per heavy atom. The van der Waals surface area contributed by atoms with Crippen molar-refractivity contribution in [3.63, 3.8) is 0 Å². The van der Waals surface area contributed by atoms with Gasteiger partial charge in [-0.1, -0.05) is 15.9 Å². The molecule has 0 spiro atoms. The monoisotopic (exact) mass is 333 g/mol. The number of carbonyl (C=O) groups is 1. The van der Waals surface area contributed by atoms with Gasteiger partial charge >= 0.3 is 0 Å². The lowest BCUT2D eigenvalue weighted by Gasteiger charge is -2.19. The first-order valence-corrected chi connectivity index (χ1v) is 7.36. The molecule has 0 unspecified atom stereocenters. The van der Waals surface area contributed by atoms with Gasteiger partial charge in [0.15, 0.2) is 0 Å². The largest absolute Gasteiger partial charge is 0.342 e. The third-order valence-electron chi connectivity index (χ3n) is 3.39. The summed E-state index contributed by atoms with van der Waals surface area (Å²) in [5.74, 6) is 0.0688. The Labute approximate surface area is 126 Å². The molecule has 2 aromatic rings. The van der Waals surface area contributed by atoms with Gasteiger partial charge in [0.1, 0.15) is 12.6 Å². The molecule has 1 aromatic carbocycles. The number of fused-ring (bicyclic) bond motifs is 1. The summed E-state index contributed by atoms with van der Waals surface area (Å²) in [5.41, 5.74) is 1.50. The fourth-order valence-corrected chi connectivity index (χ4v) is 2.67. The maximum atomic E-state index is 12.2. The third kappa shape index (κ3) is 2.70. The van der Waals surface area contributed by atoms with Crippen molar-refractivity contribution in [2.24, 2.45) is 0 Å². The minimum absolute atomic E-state index is 0.0688. The first kappa shape index (κ1) is 14.6. The van der Waals surface area contributed by atoms with Crippen molar-refractivity contribution in [3.05, 3.63) is 34.4 Å². The number of hydrogen-bond donors (Lipinski definition) is 0. The molecule has 0 fully saturated rings. The molecule has 20 heavy (non-hydrogen) atoms. The molecule has 1 amide bonds. The van der Waals surface area contributed by atoms with Gasteiger partial charge in [0.25, 0.3) is 0 Å². The van der Waals surface area contributed by atoms with Gasteiger partial charge in [-0.15, -0.1) is 0 Å². The summed E-state index contributed by atoms with van der Waals surface area (Å²) in [5, 5.41) is 10.1. The molecule has 0 aliphatic carbocycles. The molecule has 1 heterocycles. The number of carbonyl (C=O) groups excluding carboxylic acids is 1. The summed E-state index contributed by atoms with van der Waals surface area (Å²) in [7, 11) is 0. The minimum Gasteiger partial charge on any atom is -0.342 e. The van der Waals surface area contributed by atoms with E-state index in [-0.39, 0.29) is 12.5 Å². The molecule has 0 saturated heterocycles. The fraction of sp³-hybridized carbons (Fsp3) is 0.333. The SMILES string of the molecule is CCN(CC)C(=O)Cn1cc(C#N)c2cc(Br)ccc21. The molecular formula is C15H16BrN3O. The van der Waals surface area contributed by atoms with Crippen LogP contribution in [-0.2, 0) is 11.3 Å². The molecule has 104 valence electrons. The zero-order valence-electron chi connectivity index (χ0n) is 11.6. The zero-order chi connectivity index (χ0) is 14.7. The number of amides is 1. The van der Waals surface area contributed by atoms with Gasteiger partial charge < -0.3 is 9.47 Å². The molecule has 0 N–H and O–H groups in total. The highest BCUT2D eigenvalue weighted by atomic mass is 79.9. The molecule has 0 radical (unpaired) electrons. The second-order valence-electron chi connectivity index (χ2n) is 4.51. The van der Waals surface area contributed by atoms with Gasteiger partial charge in [0.2, 0.25) is 5.91 Å². The van der Waals surface area contributed by atoms with Crippen LogP contribution in [0.1, 0.15) is 19.4 Å². The van der Waals surface area contributed by atoms with Crippen LogP contribution in [0.5, 0.6) is 0 Å². The number of halogens is 1. The van der Waals surface area contributed by atoms with E-state index < -0.39 is 0 Å². The van der Waals surface area contributed by atoms with Crippen molar-refractivity contribution in [1.82, 2.24) is 9.47 Å². The van der Waals surface area contributed by atoms with E-state index in [1.54, 1.807) is 11.1 Å². The smallest absolute Gasteiger partial charge is 0.242 e. The second kappa shape index (κ2) is 6.10. The average molecular weight is 334 g/mol. The fourth-order valence-electron chi connectivity index (χ4n) is 2.31. The standard InChI is InChI=1S/C15H16BrN3O/c1-3-18(4-2)15(20)10-19-9-11(8-17)13-7-12(16)5-6-14(13)19/h5-7,9H,3-4,10H2,1-2H3. The predicted octanol–water partition coefficient (Wildman–Crippen LogP) is 3.14. The van der Waals surface area contributed by atoms with Crippen LogP contribution < -0.4 is 0 Å². The Kier molecular flexibility index (Phi) is 4.46. The van der Waals surface area contributed by atoms with E-state index in [0.717, 1.165) is 15.4 Å². The van der Waals surface area contributed by atoms with Crippen molar-refractivity contribution in [1.29, 1.82) is 5.26 Å². The van der Waals surface area contributed by atoms with E-state index in [0.29, 0.717) is 18.7 Å². The summed E-state index contributed by atoms with van der Waals surface area (Å²) in [6.45, 7) is 5.60. The number of nitrogens with zero attached hydrogens (tertiary/aromatic N) is 3. The quantitative estimate of drug-likeness (QED) is 0.862. The molecule has 0 saturated carbocycles. The molecular weight excluding hydrogens is 318 g/mol. The summed E-state index contributed by atoms with van der Waals surface area (Å²) >= 11 is 3.41. The minimum atomic E-state index is 0.0688. The van der Waals surface area contributed by atoms with Crippen LogP contribution in [0, 0.1) is 11.3 Å². The van der Waals surface area contributed by atoms with Crippen molar-refractivity contribution in [3.8, 4) is 6.07 Å². The van der Waals surface area contributed by atoms with Crippen molar-refractivity contribution < 1.29 is 4.79 Å². The van der Waals surface area contributed by atoms with E-state index in [4.69, 9.17) is 0 Å². The summed E-state index contributed by atoms with van der Waals surface area (Å²) < 4.78 is 2.77. The molecule has 4 nitrogen and oxygen atoms in total. The van der Waals surface area contributed by atoms with Crippen LogP contribution in [0.2, 0.25) is 0 Å². The normalized spacial score (nSPS) is 10.5. The van der Waals surface area contributed by atoms with Gasteiger partial charge in [0.05, 0.1) is 5.56 Å². The summed E-state index contributed by atoms with van der Waals surface area (Å²) in [4.78, 5) is 14.0. The molecule has 1 aromatic heterocycles. The predicted molar refractivity (Wildman–Crippen MR) is 82.3 cm³/mol. The van der Waals surface area contributed by atoms with E-state index in [9.17, 15) is 10.1 Å². The Hall–Kier alpha value is -1.80. The van der Waals surface area contributed by atoms with E-state index in [1.165, 1.54) is 0 Å². The highest BCUT2D eigenvalue weighted by Crippen LogP contribution is 2.24. The third-order valence-corrected chi connectivity index (χ3v) is 3.88. The van der Waals surface area contributed by atoms with Gasteiger partial charge in [-0.05, 0) is 32.0 Å². The number of hydrogen-bond acceptors (Lipinski definition) is 2. The van der Waals surface area contributed by atoms with E-state index in [2.05, 4.69) is 22.0 Å². The number of aromatic nitrogens is 1. The Morgan fingerprint density at radius 2 is 2.10 bits per heavy atom. The lowest BCUT2D eigenvalue weighted by atomic mass is 10.2. The van der Waals surface area contributed by atoms with Crippen LogP contribution in [-0.4, -0.2) is 28.5 Å². The summed E-state index contributed by atoms with van der Waals surface area (Å²) in [6.07, 6.45) is 1.75. The number of nitriles is 1. The first-order valence-electron chi connectivity index (χ1n) is 6.57. The van der Waals surface area contributed by atoms with Crippen molar-refractivity contribution >= 4 is 32.7 Å². The van der Waals surface area contributed by atoms with E-state index in [1.807, 2.05) is 36.6 Å². The van der Waals surface area contributed by atoms with Gasteiger partial charge in [-0.2, -0.15) is 5.26 Å². The molecule has 0 atom stereocenters. The van der Waals surface area contributed by atoms with Crippen molar-refractivity contribution in [2.45, 2.75) is 20.4 Å². The zero-order valence-corrected chi connectivity index (χ0v) is 13.1. The average Bonchev–Trinajstić information content (AvgIpc) is 2.77. The molecule has 0 aliphatic rings. The molecule has 0 bridgehead atoms. The van der Waals surface area contributed by atoms with Crippen LogP contribution in [0.4, 0.5) is 0 Å². The van der Waals surface area contributed by atoms with Crippen molar-refractivity contribution in [2.75, 3.05) is 13.1 Å². The van der Waals surface area contributed by atoms with Crippen LogP contribution in [0.15, 0.2) is 28.9 Å². The Balaban J connectivity index is 2.41. The highest BCUT2D eigenvalue weighted by molar-refractivity contribution is 9.10. The molecule has 5 heteroatoms. The summed E-state index contributed by atoms with van der Waals surface area (Å²) in [6, 6.07) is 7.94. The van der Waals surface area contributed by atoms with Crippen LogP contribution in [0.25, 0.3) is 10.9 Å². The Bertz CT molecular complexity index is 680. The highest BCUT2D eigenvalue weighted by Gasteiger charge is 2.14. The second-order valence-corrected chi connectivity index (χ2v) is 5.43. The first-order chi connectivity index (χ1) is 9.60. The number of likely N-dealkylation sites (N-methyl/N-ethyl adjacent to an activating group) is 1. The van der Waals surface area contributed by atoms with Crippen LogP contribution in [0.3, 0.4) is 0 Å². The Morgan fingerprint density at radius 1 is 1.40 bits per heavy atom. The maximum Gasteiger partial charge on any atom is 0.242 e. The lowest BCUT2D eigenvalue weighted by Crippen LogP contribution is -2.33. The number of rotatable bonds is 4. The molecule has 0 aliphatic heterocycles. The number of benzene rings is 1. The molecule has 2 rings (SSSR count). The van der Waals surface area contributed by atoms with Gasteiger partial charge in [-0.25, -0.2) is 0 Å². The lowest BCUT2D eigenvalue weighted by molar-refractivity contribution is -0.131. The topological polar surface area (TPSA) is 49.0 Å². The van der Waals surface area contributed by atoms with Crippen LogP contribution >= 0.6 is 15.9 Å². The maximum absolute atomic E-state index is 12.2. The van der Waals surface area contributed by atoms with Gasteiger partial charge in [-0.3, -0.25) is 4.79 Å². The van der Waals surface area contributed by atoms with E-state index >= 15 is 0 Å².